The zero-order valence-electron chi connectivity index (χ0n) is 19.3. The fourth-order valence-electron chi connectivity index (χ4n) is 3.80. The number of hydrogen-bond donors (Lipinski definition) is 0. The molecule has 0 aliphatic carbocycles. The monoisotopic (exact) mass is 521 g/mol. The standard InChI is InChI=1S/C27H42ISi/c1-5-6-7-8-9-10-11-12-13-14-17-24-20-22-25(23-21-24)28-26-18-15-16-19-27(26)29(2,3)4/h15-16,18-23H,5-14,17H2,1-4H3/q+1. The van der Waals surface area contributed by atoms with Crippen LogP contribution in [0.5, 0.6) is 0 Å². The van der Waals surface area contributed by atoms with Crippen molar-refractivity contribution in [2.24, 2.45) is 0 Å². The number of unbranched alkanes of at least 4 members (excludes halogenated alkanes) is 9. The number of hydrogen-bond acceptors (Lipinski definition) is 0. The summed E-state index contributed by atoms with van der Waals surface area (Å²) in [4.78, 5) is 0. The molecule has 0 radical (unpaired) electrons. The van der Waals surface area contributed by atoms with Gasteiger partial charge >= 0.3 is 21.2 Å². The van der Waals surface area contributed by atoms with Crippen LogP contribution in [-0.4, -0.2) is 8.07 Å². The average molecular weight is 522 g/mol. The molecule has 0 fully saturated rings. The van der Waals surface area contributed by atoms with Gasteiger partial charge < -0.3 is 0 Å². The van der Waals surface area contributed by atoms with Gasteiger partial charge in [-0.3, -0.25) is 0 Å². The summed E-state index contributed by atoms with van der Waals surface area (Å²) < 4.78 is 3.19. The maximum atomic E-state index is 2.46. The van der Waals surface area contributed by atoms with Crippen LogP contribution in [0.3, 0.4) is 0 Å². The molecule has 2 heteroatoms. The van der Waals surface area contributed by atoms with Gasteiger partial charge in [-0.25, -0.2) is 0 Å². The van der Waals surface area contributed by atoms with Gasteiger partial charge in [0.25, 0.3) is 0 Å². The SMILES string of the molecule is CCCCCCCCCCCCc1ccc([I+]c2ccccc2[Si](C)(C)C)cc1. The van der Waals surface area contributed by atoms with Gasteiger partial charge in [-0.05, 0) is 41.8 Å². The smallest absolute Gasteiger partial charge is 0.0655 e. The van der Waals surface area contributed by atoms with E-state index in [4.69, 9.17) is 0 Å². The molecule has 0 unspecified atom stereocenters. The number of halogens is 1. The molecular weight excluding hydrogens is 479 g/mol. The normalized spacial score (nSPS) is 11.7. The molecule has 0 saturated carbocycles. The molecule has 0 heterocycles. The Morgan fingerprint density at radius 3 is 1.79 bits per heavy atom. The minimum absolute atomic E-state index is 0.0673. The van der Waals surface area contributed by atoms with Crippen LogP contribution in [-0.2, 0) is 6.42 Å². The van der Waals surface area contributed by atoms with Crippen molar-refractivity contribution < 1.29 is 21.2 Å². The molecule has 2 aromatic carbocycles. The number of aryl methyl sites for hydroxylation is 1. The fourth-order valence-corrected chi connectivity index (χ4v) is 10.2. The van der Waals surface area contributed by atoms with Crippen LogP contribution in [0.25, 0.3) is 0 Å². The van der Waals surface area contributed by atoms with Crippen molar-refractivity contribution in [1.82, 2.24) is 0 Å². The fraction of sp³-hybridized carbons (Fsp3) is 0.556. The first-order valence-corrected chi connectivity index (χ1v) is 17.5. The van der Waals surface area contributed by atoms with Gasteiger partial charge in [-0.15, -0.1) is 0 Å². The van der Waals surface area contributed by atoms with Gasteiger partial charge in [0.15, 0.2) is 7.14 Å². The van der Waals surface area contributed by atoms with Crippen LogP contribution in [0, 0.1) is 7.14 Å². The molecule has 29 heavy (non-hydrogen) atoms. The van der Waals surface area contributed by atoms with Crippen molar-refractivity contribution in [2.75, 3.05) is 0 Å². The highest BCUT2D eigenvalue weighted by molar-refractivity contribution is 6.88. The topological polar surface area (TPSA) is 0 Å². The lowest BCUT2D eigenvalue weighted by molar-refractivity contribution is -0.596. The summed E-state index contributed by atoms with van der Waals surface area (Å²) >= 11 is -0.0673. The summed E-state index contributed by atoms with van der Waals surface area (Å²) in [5.41, 5.74) is 1.52. The molecule has 0 N–H and O–H groups in total. The van der Waals surface area contributed by atoms with E-state index in [9.17, 15) is 0 Å². The Bertz CT molecular complexity index is 684. The third kappa shape index (κ3) is 9.82. The Balaban J connectivity index is 1.68. The Morgan fingerprint density at radius 1 is 0.655 bits per heavy atom. The summed E-state index contributed by atoms with van der Waals surface area (Å²) in [5, 5.41) is 1.65. The highest BCUT2D eigenvalue weighted by atomic mass is 127. The summed E-state index contributed by atoms with van der Waals surface area (Å²) in [6.45, 7) is 9.68. The second kappa shape index (κ2) is 13.6. The second-order valence-electron chi connectivity index (χ2n) is 9.38. The molecule has 0 amide bonds. The highest BCUT2D eigenvalue weighted by Crippen LogP contribution is 2.12. The molecule has 0 aliphatic heterocycles. The summed E-state index contributed by atoms with van der Waals surface area (Å²) in [5.74, 6) is 0. The van der Waals surface area contributed by atoms with E-state index in [0.29, 0.717) is 0 Å². The van der Waals surface area contributed by atoms with Crippen LogP contribution < -0.4 is 26.4 Å². The lowest BCUT2D eigenvalue weighted by atomic mass is 10.0. The van der Waals surface area contributed by atoms with Crippen molar-refractivity contribution >= 4 is 13.3 Å². The van der Waals surface area contributed by atoms with E-state index in [1.807, 2.05) is 0 Å². The van der Waals surface area contributed by atoms with Crippen LogP contribution in [0.2, 0.25) is 19.6 Å². The van der Waals surface area contributed by atoms with E-state index < -0.39 is 8.07 Å². The van der Waals surface area contributed by atoms with E-state index >= 15 is 0 Å². The van der Waals surface area contributed by atoms with E-state index in [1.165, 1.54) is 76.2 Å². The Kier molecular flexibility index (Phi) is 11.6. The number of benzene rings is 2. The molecule has 2 rings (SSSR count). The van der Waals surface area contributed by atoms with E-state index in [-0.39, 0.29) is 21.2 Å². The predicted molar refractivity (Wildman–Crippen MR) is 129 cm³/mol. The Labute approximate surface area is 192 Å². The predicted octanol–water partition coefficient (Wildman–Crippen LogP) is 4.82. The Morgan fingerprint density at radius 2 is 1.21 bits per heavy atom. The van der Waals surface area contributed by atoms with Crippen molar-refractivity contribution in [3.63, 3.8) is 0 Å². The maximum Gasteiger partial charge on any atom is 0.357 e. The van der Waals surface area contributed by atoms with Crippen molar-refractivity contribution in [1.29, 1.82) is 0 Å². The van der Waals surface area contributed by atoms with E-state index in [0.717, 1.165) is 0 Å². The molecule has 0 saturated heterocycles. The maximum absolute atomic E-state index is 2.46. The Hall–Kier alpha value is -0.613. The molecule has 0 bridgehead atoms. The van der Waals surface area contributed by atoms with Gasteiger partial charge in [0.05, 0.1) is 8.07 Å². The zero-order valence-corrected chi connectivity index (χ0v) is 22.4. The van der Waals surface area contributed by atoms with E-state index in [2.05, 4.69) is 75.1 Å². The van der Waals surface area contributed by atoms with Crippen LogP contribution >= 0.6 is 0 Å². The average Bonchev–Trinajstić information content (AvgIpc) is 2.70. The van der Waals surface area contributed by atoms with Crippen LogP contribution in [0.1, 0.15) is 76.7 Å². The van der Waals surface area contributed by atoms with Gasteiger partial charge in [-0.1, -0.05) is 115 Å². The largest absolute Gasteiger partial charge is 0.357 e. The van der Waals surface area contributed by atoms with Crippen LogP contribution in [0.15, 0.2) is 48.5 Å². The first kappa shape index (κ1) is 24.7. The second-order valence-corrected chi connectivity index (χ2v) is 17.4. The first-order valence-electron chi connectivity index (χ1n) is 11.8. The molecule has 2 aromatic rings. The zero-order chi connectivity index (χ0) is 21.0. The van der Waals surface area contributed by atoms with E-state index in [1.54, 1.807) is 12.3 Å². The van der Waals surface area contributed by atoms with Crippen molar-refractivity contribution in [3.05, 3.63) is 61.2 Å². The highest BCUT2D eigenvalue weighted by Gasteiger charge is 2.27. The van der Waals surface area contributed by atoms with Crippen molar-refractivity contribution in [3.8, 4) is 0 Å². The van der Waals surface area contributed by atoms with Gasteiger partial charge in [-0.2, -0.15) is 0 Å². The third-order valence-corrected chi connectivity index (χ3v) is 11.0. The van der Waals surface area contributed by atoms with Gasteiger partial charge in [0.1, 0.15) is 0 Å². The molecule has 0 aromatic heterocycles. The minimum atomic E-state index is -1.26. The lowest BCUT2D eigenvalue weighted by Crippen LogP contribution is -3.62. The number of rotatable bonds is 14. The summed E-state index contributed by atoms with van der Waals surface area (Å²) in [6, 6.07) is 18.8. The molecule has 0 spiro atoms. The molecular formula is C27H42ISi+. The minimum Gasteiger partial charge on any atom is -0.0655 e. The third-order valence-electron chi connectivity index (χ3n) is 5.63. The van der Waals surface area contributed by atoms with Crippen molar-refractivity contribution in [2.45, 2.75) is 97.2 Å². The molecule has 0 atom stereocenters. The summed E-state index contributed by atoms with van der Waals surface area (Å²) in [6.07, 6.45) is 15.4. The first-order chi connectivity index (χ1) is 14.0. The molecule has 0 nitrogen and oxygen atoms in total. The summed E-state index contributed by atoms with van der Waals surface area (Å²) in [7, 11) is -1.26. The van der Waals surface area contributed by atoms with Gasteiger partial charge in [0.2, 0.25) is 0 Å². The van der Waals surface area contributed by atoms with Crippen LogP contribution in [0.4, 0.5) is 0 Å². The lowest BCUT2D eigenvalue weighted by Gasteiger charge is -2.15. The molecule has 160 valence electrons. The quantitative estimate of drug-likeness (QED) is 0.190. The molecule has 0 aliphatic rings. The van der Waals surface area contributed by atoms with Gasteiger partial charge in [0, 0.05) is 0 Å².